The molecule has 0 amide bonds. The van der Waals surface area contributed by atoms with Crippen molar-refractivity contribution in [2.24, 2.45) is 17.3 Å². The van der Waals surface area contributed by atoms with Crippen molar-refractivity contribution in [2.45, 2.75) is 57.5 Å². The molecule has 3 heteroatoms. The molecule has 3 aliphatic rings. The molecule has 0 bridgehead atoms. The molecule has 2 N–H and O–H groups in total. The Morgan fingerprint density at radius 1 is 1.18 bits per heavy atom. The largest absolute Gasteiger partial charge is 0.504 e. The Bertz CT molecular complexity index is 597. The minimum Gasteiger partial charge on any atom is -0.504 e. The molecule has 3 nitrogen and oxygen atoms in total. The summed E-state index contributed by atoms with van der Waals surface area (Å²) >= 11 is 0. The average Bonchev–Trinajstić information content (AvgIpc) is 2.82. The van der Waals surface area contributed by atoms with Crippen LogP contribution in [-0.4, -0.2) is 23.4 Å². The van der Waals surface area contributed by atoms with Crippen LogP contribution < -0.4 is 4.74 Å². The number of hydrogen-bond acceptors (Lipinski definition) is 3. The average molecular weight is 302 g/mol. The van der Waals surface area contributed by atoms with Gasteiger partial charge in [-0.2, -0.15) is 0 Å². The van der Waals surface area contributed by atoms with Gasteiger partial charge in [-0.1, -0.05) is 6.92 Å². The third-order valence-electron chi connectivity index (χ3n) is 6.97. The predicted molar refractivity (Wildman–Crippen MR) is 85.3 cm³/mol. The molecule has 0 radical (unpaired) electrons. The Hall–Kier alpha value is -1.22. The lowest BCUT2D eigenvalue weighted by Gasteiger charge is -2.50. The summed E-state index contributed by atoms with van der Waals surface area (Å²) in [5, 5.41) is 20.6. The summed E-state index contributed by atoms with van der Waals surface area (Å²) in [5.74, 6) is 2.70. The lowest BCUT2D eigenvalue weighted by atomic mass is 9.55. The van der Waals surface area contributed by atoms with E-state index in [9.17, 15) is 10.2 Å². The number of aliphatic hydroxyl groups is 1. The second-order valence-electron chi connectivity index (χ2n) is 7.78. The number of fused-ring (bicyclic) bond motifs is 5. The molecule has 0 aliphatic heterocycles. The third-order valence-corrected chi connectivity index (χ3v) is 6.97. The lowest BCUT2D eigenvalue weighted by Crippen LogP contribution is -2.43. The zero-order chi connectivity index (χ0) is 15.5. The summed E-state index contributed by atoms with van der Waals surface area (Å²) in [6, 6.07) is 3.97. The van der Waals surface area contributed by atoms with Crippen molar-refractivity contribution in [1.82, 2.24) is 0 Å². The molecule has 0 heterocycles. The van der Waals surface area contributed by atoms with Gasteiger partial charge < -0.3 is 14.9 Å². The molecule has 1 aromatic rings. The molecular weight excluding hydrogens is 276 g/mol. The number of phenols is 1. The highest BCUT2D eigenvalue weighted by Crippen LogP contribution is 2.61. The van der Waals surface area contributed by atoms with E-state index in [1.807, 2.05) is 12.1 Å². The fourth-order valence-corrected chi connectivity index (χ4v) is 5.72. The maximum absolute atomic E-state index is 10.4. The van der Waals surface area contributed by atoms with Gasteiger partial charge in [0.05, 0.1) is 13.2 Å². The minimum absolute atomic E-state index is 0.118. The van der Waals surface area contributed by atoms with Crippen molar-refractivity contribution in [1.29, 1.82) is 0 Å². The van der Waals surface area contributed by atoms with Gasteiger partial charge in [0.25, 0.3) is 0 Å². The first-order chi connectivity index (χ1) is 10.5. The van der Waals surface area contributed by atoms with Gasteiger partial charge in [0.1, 0.15) is 0 Å². The highest BCUT2D eigenvalue weighted by Gasteiger charge is 2.54. The molecule has 0 unspecified atom stereocenters. The Morgan fingerprint density at radius 2 is 2.00 bits per heavy atom. The van der Waals surface area contributed by atoms with Crippen molar-refractivity contribution in [3.8, 4) is 11.5 Å². The summed E-state index contributed by atoms with van der Waals surface area (Å²) in [6.07, 6.45) is 6.51. The Kier molecular flexibility index (Phi) is 3.19. The minimum atomic E-state index is -0.121. The zero-order valence-corrected chi connectivity index (χ0v) is 13.5. The molecular formula is C19H26O3. The number of ether oxygens (including phenoxy) is 1. The fraction of sp³-hybridized carbons (Fsp3) is 0.684. The predicted octanol–water partition coefficient (Wildman–Crippen LogP) is 3.62. The first-order valence-electron chi connectivity index (χ1n) is 8.62. The van der Waals surface area contributed by atoms with Crippen LogP contribution in [0, 0.1) is 17.3 Å². The number of rotatable bonds is 1. The smallest absolute Gasteiger partial charge is 0.160 e. The van der Waals surface area contributed by atoms with E-state index in [0.29, 0.717) is 23.5 Å². The van der Waals surface area contributed by atoms with E-state index in [-0.39, 0.29) is 17.3 Å². The van der Waals surface area contributed by atoms with Gasteiger partial charge in [-0.3, -0.25) is 0 Å². The van der Waals surface area contributed by atoms with Crippen LogP contribution in [-0.2, 0) is 6.42 Å². The highest BCUT2D eigenvalue weighted by atomic mass is 16.5. The van der Waals surface area contributed by atoms with Gasteiger partial charge in [0.2, 0.25) is 0 Å². The van der Waals surface area contributed by atoms with E-state index in [1.165, 1.54) is 17.5 Å². The molecule has 1 aromatic carbocycles. The topological polar surface area (TPSA) is 49.7 Å². The van der Waals surface area contributed by atoms with Crippen LogP contribution in [0.2, 0.25) is 0 Å². The van der Waals surface area contributed by atoms with Gasteiger partial charge in [0, 0.05) is 0 Å². The second-order valence-corrected chi connectivity index (χ2v) is 7.78. The molecule has 22 heavy (non-hydrogen) atoms. The van der Waals surface area contributed by atoms with Gasteiger partial charge in [-0.25, -0.2) is 0 Å². The number of aryl methyl sites for hydroxylation is 1. The van der Waals surface area contributed by atoms with E-state index in [4.69, 9.17) is 4.74 Å². The third kappa shape index (κ3) is 1.84. The summed E-state index contributed by atoms with van der Waals surface area (Å²) in [5.41, 5.74) is 2.80. The molecule has 2 fully saturated rings. The van der Waals surface area contributed by atoms with Crippen LogP contribution in [0.3, 0.4) is 0 Å². The normalized spacial score (nSPS) is 39.8. The van der Waals surface area contributed by atoms with Crippen molar-refractivity contribution in [2.75, 3.05) is 7.11 Å². The lowest BCUT2D eigenvalue weighted by molar-refractivity contribution is -0.0226. The van der Waals surface area contributed by atoms with Crippen LogP contribution in [0.25, 0.3) is 0 Å². The second kappa shape index (κ2) is 4.89. The van der Waals surface area contributed by atoms with Crippen molar-refractivity contribution in [3.05, 3.63) is 23.3 Å². The molecule has 0 saturated heterocycles. The van der Waals surface area contributed by atoms with E-state index in [0.717, 1.165) is 32.1 Å². The molecule has 120 valence electrons. The standard InChI is InChI=1S/C19H26O3/c1-19-8-7-12-13(15(19)5-6-18(19)21)4-3-11-9-17(22-2)16(20)10-14(11)12/h9-10,12-13,15,18,20-21H,3-8H2,1-2H3/t12-,13-,15-,18-,19-/m0/s1. The SMILES string of the molecule is COc1cc2c(cc1O)[C@H]1CC[C@]3(C)[C@@H](O)CC[C@H]3[C@H]1CC2. The number of hydrogen-bond donors (Lipinski definition) is 2. The Labute approximate surface area is 132 Å². The maximum Gasteiger partial charge on any atom is 0.160 e. The number of benzene rings is 1. The summed E-state index contributed by atoms with van der Waals surface area (Å²) in [6.45, 7) is 2.30. The molecule has 0 aromatic heterocycles. The number of methoxy groups -OCH3 is 1. The molecule has 2 saturated carbocycles. The van der Waals surface area contributed by atoms with Crippen molar-refractivity contribution >= 4 is 0 Å². The van der Waals surface area contributed by atoms with Gasteiger partial charge in [-0.15, -0.1) is 0 Å². The van der Waals surface area contributed by atoms with Crippen LogP contribution in [0.15, 0.2) is 12.1 Å². The quantitative estimate of drug-likeness (QED) is 0.833. The van der Waals surface area contributed by atoms with Crippen LogP contribution in [0.5, 0.6) is 11.5 Å². The zero-order valence-electron chi connectivity index (χ0n) is 13.5. The van der Waals surface area contributed by atoms with Gasteiger partial charge in [-0.05, 0) is 85.0 Å². The monoisotopic (exact) mass is 302 g/mol. The molecule has 4 rings (SSSR count). The summed E-state index contributed by atoms with van der Waals surface area (Å²) in [7, 11) is 1.61. The van der Waals surface area contributed by atoms with E-state index < -0.39 is 0 Å². The van der Waals surface area contributed by atoms with E-state index in [1.54, 1.807) is 7.11 Å². The summed E-state index contributed by atoms with van der Waals surface area (Å²) in [4.78, 5) is 0. The number of aliphatic hydroxyl groups excluding tert-OH is 1. The van der Waals surface area contributed by atoms with E-state index >= 15 is 0 Å². The van der Waals surface area contributed by atoms with Crippen molar-refractivity contribution < 1.29 is 14.9 Å². The van der Waals surface area contributed by atoms with Gasteiger partial charge in [0.15, 0.2) is 11.5 Å². The molecule has 5 atom stereocenters. The molecule has 3 aliphatic carbocycles. The number of aromatic hydroxyl groups is 1. The first kappa shape index (κ1) is 14.4. The van der Waals surface area contributed by atoms with Crippen molar-refractivity contribution in [3.63, 3.8) is 0 Å². The highest BCUT2D eigenvalue weighted by molar-refractivity contribution is 5.49. The van der Waals surface area contributed by atoms with Crippen LogP contribution in [0.4, 0.5) is 0 Å². The Balaban J connectivity index is 1.71. The van der Waals surface area contributed by atoms with E-state index in [2.05, 4.69) is 6.92 Å². The molecule has 0 spiro atoms. The van der Waals surface area contributed by atoms with Crippen LogP contribution >= 0.6 is 0 Å². The van der Waals surface area contributed by atoms with Crippen LogP contribution in [0.1, 0.15) is 56.1 Å². The Morgan fingerprint density at radius 3 is 2.77 bits per heavy atom. The first-order valence-corrected chi connectivity index (χ1v) is 8.62. The maximum atomic E-state index is 10.4. The fourth-order valence-electron chi connectivity index (χ4n) is 5.72. The summed E-state index contributed by atoms with van der Waals surface area (Å²) < 4.78 is 5.26. The van der Waals surface area contributed by atoms with Gasteiger partial charge >= 0.3 is 0 Å². The number of phenolic OH excluding ortho intramolecular Hbond substituents is 1.